The van der Waals surface area contributed by atoms with Crippen molar-refractivity contribution in [2.24, 2.45) is 0 Å². The predicted molar refractivity (Wildman–Crippen MR) is 103 cm³/mol. The monoisotopic (exact) mass is 357 g/mol. The molecule has 0 radical (unpaired) electrons. The predicted octanol–water partition coefficient (Wildman–Crippen LogP) is 4.19. The minimum Gasteiger partial charge on any atom is -0.506 e. The smallest absolute Gasteiger partial charge is 0.270 e. The topological polar surface area (TPSA) is 72.4 Å². The Balaban J connectivity index is 1.96. The molecule has 5 heteroatoms. The van der Waals surface area contributed by atoms with Gasteiger partial charge in [0.1, 0.15) is 17.1 Å². The Morgan fingerprint density at radius 2 is 1.70 bits per heavy atom. The van der Waals surface area contributed by atoms with E-state index in [4.69, 9.17) is 4.42 Å². The van der Waals surface area contributed by atoms with Crippen molar-refractivity contribution in [1.29, 1.82) is 0 Å². The number of rotatable bonds is 4. The van der Waals surface area contributed by atoms with Gasteiger partial charge in [0.15, 0.2) is 5.78 Å². The Bertz CT molecular complexity index is 1200. The Morgan fingerprint density at radius 3 is 2.44 bits per heavy atom. The van der Waals surface area contributed by atoms with E-state index in [1.165, 1.54) is 23.0 Å². The third-order valence-electron chi connectivity index (χ3n) is 4.26. The van der Waals surface area contributed by atoms with Gasteiger partial charge in [0.25, 0.3) is 5.56 Å². The van der Waals surface area contributed by atoms with Crippen LogP contribution in [0.3, 0.4) is 0 Å². The number of furan rings is 1. The summed E-state index contributed by atoms with van der Waals surface area (Å²) in [6.45, 7) is 0. The van der Waals surface area contributed by atoms with Gasteiger partial charge in [-0.1, -0.05) is 30.3 Å². The minimum atomic E-state index is -0.593. The van der Waals surface area contributed by atoms with Gasteiger partial charge in [-0.15, -0.1) is 0 Å². The number of nitrogens with zero attached hydrogens (tertiary/aromatic N) is 1. The van der Waals surface area contributed by atoms with Gasteiger partial charge in [-0.3, -0.25) is 14.2 Å². The number of hydrogen-bond acceptors (Lipinski definition) is 4. The average Bonchev–Trinajstić information content (AvgIpc) is 3.21. The lowest BCUT2D eigenvalue weighted by molar-refractivity contribution is 0.104. The minimum absolute atomic E-state index is 0.277. The molecule has 0 aliphatic heterocycles. The van der Waals surface area contributed by atoms with Crippen LogP contribution >= 0.6 is 0 Å². The number of carbonyl (C=O) groups excluding carboxylic acids is 1. The van der Waals surface area contributed by atoms with Crippen molar-refractivity contribution in [2.75, 3.05) is 0 Å². The first-order chi connectivity index (χ1) is 13.2. The van der Waals surface area contributed by atoms with Crippen molar-refractivity contribution in [3.05, 3.63) is 101 Å². The standard InChI is InChI=1S/C22H15NO4/c24-19(13-12-16-9-6-14-27-16)20-21(25)17-10-4-5-11-18(17)23(22(20)26)15-7-2-1-3-8-15/h1-14,25H/b13-12+. The van der Waals surface area contributed by atoms with Crippen molar-refractivity contribution < 1.29 is 14.3 Å². The van der Waals surface area contributed by atoms with Crippen molar-refractivity contribution in [3.63, 3.8) is 0 Å². The fourth-order valence-corrected chi connectivity index (χ4v) is 3.01. The van der Waals surface area contributed by atoms with E-state index in [2.05, 4.69) is 0 Å². The van der Waals surface area contributed by atoms with E-state index in [9.17, 15) is 14.7 Å². The highest BCUT2D eigenvalue weighted by molar-refractivity contribution is 6.11. The Hall–Kier alpha value is -3.86. The second-order valence-corrected chi connectivity index (χ2v) is 5.93. The van der Waals surface area contributed by atoms with Crippen LogP contribution in [0.1, 0.15) is 16.1 Å². The highest BCUT2D eigenvalue weighted by Gasteiger charge is 2.21. The number of allylic oxidation sites excluding steroid dienone is 1. The van der Waals surface area contributed by atoms with Crippen molar-refractivity contribution >= 4 is 22.8 Å². The molecule has 2 aromatic heterocycles. The molecule has 132 valence electrons. The summed E-state index contributed by atoms with van der Waals surface area (Å²) < 4.78 is 6.59. The molecule has 0 saturated heterocycles. The zero-order valence-corrected chi connectivity index (χ0v) is 14.2. The molecule has 0 saturated carbocycles. The fourth-order valence-electron chi connectivity index (χ4n) is 3.01. The van der Waals surface area contributed by atoms with Gasteiger partial charge >= 0.3 is 0 Å². The summed E-state index contributed by atoms with van der Waals surface area (Å²) in [5.74, 6) is -0.437. The first kappa shape index (κ1) is 16.6. The molecular weight excluding hydrogens is 342 g/mol. The number of fused-ring (bicyclic) bond motifs is 1. The number of aromatic nitrogens is 1. The third-order valence-corrected chi connectivity index (χ3v) is 4.26. The summed E-state index contributed by atoms with van der Waals surface area (Å²) in [6, 6.07) is 19.3. The van der Waals surface area contributed by atoms with E-state index in [0.29, 0.717) is 22.4 Å². The van der Waals surface area contributed by atoms with Crippen molar-refractivity contribution in [1.82, 2.24) is 4.57 Å². The van der Waals surface area contributed by atoms with Crippen molar-refractivity contribution in [2.45, 2.75) is 0 Å². The normalized spacial score (nSPS) is 11.3. The first-order valence-electron chi connectivity index (χ1n) is 8.35. The van der Waals surface area contributed by atoms with E-state index in [-0.39, 0.29) is 11.3 Å². The lowest BCUT2D eigenvalue weighted by atomic mass is 10.1. The summed E-state index contributed by atoms with van der Waals surface area (Å²) in [6.07, 6.45) is 4.17. The molecule has 2 heterocycles. The summed E-state index contributed by atoms with van der Waals surface area (Å²) >= 11 is 0. The maximum absolute atomic E-state index is 13.1. The number of pyridine rings is 1. The summed E-state index contributed by atoms with van der Waals surface area (Å²) in [5, 5.41) is 11.1. The Morgan fingerprint density at radius 1 is 0.963 bits per heavy atom. The molecule has 0 unspecified atom stereocenters. The second-order valence-electron chi connectivity index (χ2n) is 5.93. The summed E-state index contributed by atoms with van der Waals surface area (Å²) in [4.78, 5) is 25.8. The van der Waals surface area contributed by atoms with Gasteiger partial charge < -0.3 is 9.52 Å². The molecule has 0 aliphatic rings. The SMILES string of the molecule is O=C(/C=C/c1ccco1)c1c(O)c2ccccc2n(-c2ccccc2)c1=O. The number of carbonyl (C=O) groups is 1. The highest BCUT2D eigenvalue weighted by atomic mass is 16.3. The van der Waals surface area contributed by atoms with Crippen LogP contribution < -0.4 is 5.56 Å². The van der Waals surface area contributed by atoms with Gasteiger partial charge in [0, 0.05) is 11.1 Å². The van der Waals surface area contributed by atoms with Gasteiger partial charge in [0.2, 0.25) is 0 Å². The lowest BCUT2D eigenvalue weighted by Crippen LogP contribution is -2.25. The van der Waals surface area contributed by atoms with Crippen LogP contribution in [0, 0.1) is 0 Å². The Labute approximate surface area is 154 Å². The number of benzene rings is 2. The van der Waals surface area contributed by atoms with Gasteiger partial charge in [-0.25, -0.2) is 0 Å². The van der Waals surface area contributed by atoms with E-state index in [1.807, 2.05) is 18.2 Å². The van der Waals surface area contributed by atoms with Crippen LogP contribution in [0.25, 0.3) is 22.7 Å². The van der Waals surface area contributed by atoms with Crippen LogP contribution in [0.15, 0.2) is 88.3 Å². The largest absolute Gasteiger partial charge is 0.506 e. The molecule has 0 fully saturated rings. The molecule has 4 aromatic rings. The molecule has 2 aromatic carbocycles. The highest BCUT2D eigenvalue weighted by Crippen LogP contribution is 2.28. The molecule has 27 heavy (non-hydrogen) atoms. The number of ketones is 1. The molecule has 0 spiro atoms. The van der Waals surface area contributed by atoms with E-state index in [0.717, 1.165) is 0 Å². The zero-order valence-electron chi connectivity index (χ0n) is 14.2. The molecular formula is C22H15NO4. The zero-order chi connectivity index (χ0) is 18.8. The van der Waals surface area contributed by atoms with E-state index < -0.39 is 11.3 Å². The number of hydrogen-bond donors (Lipinski definition) is 1. The summed E-state index contributed by atoms with van der Waals surface area (Å²) in [5.41, 5.74) is 0.285. The Kier molecular flexibility index (Phi) is 4.18. The van der Waals surface area contributed by atoms with Gasteiger partial charge in [0.05, 0.1) is 11.8 Å². The molecule has 5 nitrogen and oxygen atoms in total. The quantitative estimate of drug-likeness (QED) is 0.439. The molecule has 0 aliphatic carbocycles. The van der Waals surface area contributed by atoms with E-state index >= 15 is 0 Å². The first-order valence-corrected chi connectivity index (χ1v) is 8.35. The second kappa shape index (κ2) is 6.80. The van der Waals surface area contributed by atoms with Gasteiger partial charge in [-0.2, -0.15) is 0 Å². The van der Waals surface area contributed by atoms with Crippen molar-refractivity contribution in [3.8, 4) is 11.4 Å². The maximum atomic E-state index is 13.1. The van der Waals surface area contributed by atoms with Crippen LogP contribution in [0.5, 0.6) is 5.75 Å². The van der Waals surface area contributed by atoms with Crippen LogP contribution in [0.2, 0.25) is 0 Å². The third kappa shape index (κ3) is 2.95. The van der Waals surface area contributed by atoms with E-state index in [1.54, 1.807) is 48.5 Å². The fraction of sp³-hybridized carbons (Fsp3) is 0. The van der Waals surface area contributed by atoms with Crippen LogP contribution in [-0.4, -0.2) is 15.5 Å². The van der Waals surface area contributed by atoms with Gasteiger partial charge in [-0.05, 0) is 48.6 Å². The van der Waals surface area contributed by atoms with Crippen LogP contribution in [0.4, 0.5) is 0 Å². The molecule has 0 bridgehead atoms. The lowest BCUT2D eigenvalue weighted by Gasteiger charge is -2.14. The van der Waals surface area contributed by atoms with Crippen LogP contribution in [-0.2, 0) is 0 Å². The molecule has 0 atom stereocenters. The average molecular weight is 357 g/mol. The number of aromatic hydroxyl groups is 1. The summed E-state index contributed by atoms with van der Waals surface area (Å²) in [7, 11) is 0. The maximum Gasteiger partial charge on any atom is 0.270 e. The molecule has 4 rings (SSSR count). The molecule has 1 N–H and O–H groups in total. The molecule has 0 amide bonds. The number of para-hydroxylation sites is 2.